The van der Waals surface area contributed by atoms with Crippen molar-refractivity contribution < 1.29 is 31.8 Å². The zero-order valence-electron chi connectivity index (χ0n) is 16.5. The molecule has 0 aliphatic carbocycles. The molecule has 4 rings (SSSR count). The maximum absolute atomic E-state index is 14.2. The van der Waals surface area contributed by atoms with Gasteiger partial charge in [-0.15, -0.1) is 0 Å². The van der Waals surface area contributed by atoms with Crippen molar-refractivity contribution in [2.24, 2.45) is 0 Å². The highest BCUT2D eigenvalue weighted by Crippen LogP contribution is 2.38. The summed E-state index contributed by atoms with van der Waals surface area (Å²) in [6.07, 6.45) is -4.85. The second-order valence-corrected chi connectivity index (χ2v) is 6.98. The van der Waals surface area contributed by atoms with E-state index in [1.54, 1.807) is 25.1 Å². The Balaban J connectivity index is 1.66. The van der Waals surface area contributed by atoms with Gasteiger partial charge in [-0.3, -0.25) is 9.89 Å². The van der Waals surface area contributed by atoms with Gasteiger partial charge in [-0.1, -0.05) is 6.07 Å². The SMILES string of the molecule is Cc1[nH]nc(NC(=O)c2ccc(C(F)(F)F)c(F)c2C)c1-c1ccc2c(c1)OCCO2. The smallest absolute Gasteiger partial charge is 0.419 e. The average Bonchev–Trinajstić information content (AvgIpc) is 3.08. The number of hydrogen-bond donors (Lipinski definition) is 2. The minimum Gasteiger partial charge on any atom is -0.486 e. The first-order chi connectivity index (χ1) is 14.7. The van der Waals surface area contributed by atoms with E-state index in [1.165, 1.54) is 0 Å². The molecule has 3 aromatic rings. The molecule has 1 amide bonds. The number of carbonyl (C=O) groups excluding carboxylic acids is 1. The Labute approximate surface area is 174 Å². The molecule has 1 aromatic heterocycles. The molecule has 0 atom stereocenters. The summed E-state index contributed by atoms with van der Waals surface area (Å²) in [7, 11) is 0. The van der Waals surface area contributed by atoms with Crippen molar-refractivity contribution in [3.63, 3.8) is 0 Å². The summed E-state index contributed by atoms with van der Waals surface area (Å²) in [4.78, 5) is 12.7. The van der Waals surface area contributed by atoms with Crippen LogP contribution in [0.25, 0.3) is 11.1 Å². The molecule has 2 heterocycles. The number of amides is 1. The Morgan fingerprint density at radius 3 is 2.52 bits per heavy atom. The highest BCUT2D eigenvalue weighted by molar-refractivity contribution is 6.06. The van der Waals surface area contributed by atoms with Gasteiger partial charge in [0.25, 0.3) is 5.91 Å². The van der Waals surface area contributed by atoms with Crippen molar-refractivity contribution in [3.05, 3.63) is 58.5 Å². The van der Waals surface area contributed by atoms with Crippen LogP contribution in [0.3, 0.4) is 0 Å². The Bertz CT molecular complexity index is 1170. The lowest BCUT2D eigenvalue weighted by molar-refractivity contribution is -0.140. The zero-order chi connectivity index (χ0) is 22.3. The van der Waals surface area contributed by atoms with Gasteiger partial charge in [-0.25, -0.2) is 4.39 Å². The Morgan fingerprint density at radius 1 is 1.10 bits per heavy atom. The third-order valence-electron chi connectivity index (χ3n) is 4.95. The molecule has 6 nitrogen and oxygen atoms in total. The van der Waals surface area contributed by atoms with Crippen LogP contribution in [0, 0.1) is 19.7 Å². The van der Waals surface area contributed by atoms with Gasteiger partial charge in [-0.2, -0.15) is 18.3 Å². The quantitative estimate of drug-likeness (QED) is 0.576. The molecular weight excluding hydrogens is 418 g/mol. The lowest BCUT2D eigenvalue weighted by atomic mass is 10.0. The van der Waals surface area contributed by atoms with Gasteiger partial charge < -0.3 is 14.8 Å². The maximum Gasteiger partial charge on any atom is 0.419 e. The number of nitrogens with one attached hydrogen (secondary N) is 2. The van der Waals surface area contributed by atoms with Crippen molar-refractivity contribution >= 4 is 11.7 Å². The van der Waals surface area contributed by atoms with Gasteiger partial charge in [0.2, 0.25) is 0 Å². The van der Waals surface area contributed by atoms with E-state index in [2.05, 4.69) is 15.5 Å². The molecule has 162 valence electrons. The van der Waals surface area contributed by atoms with Crippen molar-refractivity contribution in [2.75, 3.05) is 18.5 Å². The van der Waals surface area contributed by atoms with Crippen molar-refractivity contribution in [1.29, 1.82) is 0 Å². The maximum atomic E-state index is 14.2. The number of hydrogen-bond acceptors (Lipinski definition) is 4. The largest absolute Gasteiger partial charge is 0.486 e. The van der Waals surface area contributed by atoms with Crippen LogP contribution in [0.5, 0.6) is 11.5 Å². The van der Waals surface area contributed by atoms with Gasteiger partial charge >= 0.3 is 6.18 Å². The minimum atomic E-state index is -4.85. The number of fused-ring (bicyclic) bond motifs is 1. The number of aromatic amines is 1. The zero-order valence-corrected chi connectivity index (χ0v) is 16.5. The van der Waals surface area contributed by atoms with E-state index < -0.39 is 29.0 Å². The van der Waals surface area contributed by atoms with E-state index >= 15 is 0 Å². The molecule has 2 N–H and O–H groups in total. The number of halogens is 4. The number of aromatic nitrogens is 2. The molecule has 2 aromatic carbocycles. The highest BCUT2D eigenvalue weighted by Gasteiger charge is 2.35. The molecule has 10 heteroatoms. The number of benzene rings is 2. The van der Waals surface area contributed by atoms with Crippen LogP contribution in [-0.4, -0.2) is 29.3 Å². The van der Waals surface area contributed by atoms with E-state index in [1.807, 2.05) is 0 Å². The van der Waals surface area contributed by atoms with Gasteiger partial charge in [-0.05, 0) is 49.2 Å². The number of anilines is 1. The lowest BCUT2D eigenvalue weighted by Crippen LogP contribution is -2.17. The van der Waals surface area contributed by atoms with Crippen molar-refractivity contribution in [2.45, 2.75) is 20.0 Å². The van der Waals surface area contributed by atoms with Crippen LogP contribution in [0.2, 0.25) is 0 Å². The summed E-state index contributed by atoms with van der Waals surface area (Å²) in [6.45, 7) is 3.72. The fourth-order valence-electron chi connectivity index (χ4n) is 3.40. The molecule has 0 radical (unpaired) electrons. The van der Waals surface area contributed by atoms with Crippen LogP contribution < -0.4 is 14.8 Å². The van der Waals surface area contributed by atoms with Gasteiger partial charge in [0.1, 0.15) is 19.0 Å². The van der Waals surface area contributed by atoms with Gasteiger partial charge in [0.15, 0.2) is 17.3 Å². The van der Waals surface area contributed by atoms with Gasteiger partial charge in [0, 0.05) is 16.8 Å². The molecule has 1 aliphatic heterocycles. The molecule has 0 bridgehead atoms. The second-order valence-electron chi connectivity index (χ2n) is 6.98. The summed E-state index contributed by atoms with van der Waals surface area (Å²) < 4.78 is 64.0. The van der Waals surface area contributed by atoms with E-state index in [0.717, 1.165) is 13.0 Å². The predicted octanol–water partition coefficient (Wildman–Crippen LogP) is 4.87. The minimum absolute atomic E-state index is 0.152. The Kier molecular flexibility index (Phi) is 5.08. The summed E-state index contributed by atoms with van der Waals surface area (Å²) in [5.74, 6) is -0.973. The third kappa shape index (κ3) is 3.80. The Morgan fingerprint density at radius 2 is 1.81 bits per heavy atom. The van der Waals surface area contributed by atoms with Gasteiger partial charge in [0.05, 0.1) is 5.56 Å². The highest BCUT2D eigenvalue weighted by atomic mass is 19.4. The number of ether oxygens (including phenoxy) is 2. The summed E-state index contributed by atoms with van der Waals surface area (Å²) in [6, 6.07) is 6.74. The summed E-state index contributed by atoms with van der Waals surface area (Å²) >= 11 is 0. The first-order valence-corrected chi connectivity index (χ1v) is 9.29. The Hall–Kier alpha value is -3.56. The normalized spacial score (nSPS) is 13.2. The van der Waals surface area contributed by atoms with Crippen molar-refractivity contribution in [1.82, 2.24) is 10.2 Å². The molecular formula is C21H17F4N3O3. The van der Waals surface area contributed by atoms with E-state index in [4.69, 9.17) is 9.47 Å². The molecule has 0 saturated heterocycles. The predicted molar refractivity (Wildman–Crippen MR) is 104 cm³/mol. The lowest BCUT2D eigenvalue weighted by Gasteiger charge is -2.19. The monoisotopic (exact) mass is 435 g/mol. The van der Waals surface area contributed by atoms with Crippen LogP contribution >= 0.6 is 0 Å². The first-order valence-electron chi connectivity index (χ1n) is 9.29. The summed E-state index contributed by atoms with van der Waals surface area (Å²) in [5, 5.41) is 9.39. The van der Waals surface area contributed by atoms with Crippen LogP contribution in [0.4, 0.5) is 23.4 Å². The third-order valence-corrected chi connectivity index (χ3v) is 4.95. The second kappa shape index (κ2) is 7.60. The molecule has 0 spiro atoms. The number of aryl methyl sites for hydroxylation is 1. The van der Waals surface area contributed by atoms with Crippen LogP contribution in [0.1, 0.15) is 27.2 Å². The van der Waals surface area contributed by atoms with E-state index in [9.17, 15) is 22.4 Å². The standard InChI is InChI=1S/C21H17F4N3O3/c1-10-13(4-5-14(18(10)22)21(23,24)25)20(29)26-19-17(11(2)27-28-19)12-3-6-15-16(9-12)31-8-7-30-15/h3-6,9H,7-8H2,1-2H3,(H2,26,27,28,29). The number of alkyl halides is 3. The van der Waals surface area contributed by atoms with Crippen LogP contribution in [-0.2, 0) is 6.18 Å². The van der Waals surface area contributed by atoms with E-state index in [-0.39, 0.29) is 11.4 Å². The molecule has 31 heavy (non-hydrogen) atoms. The molecule has 0 fully saturated rings. The van der Waals surface area contributed by atoms with E-state index in [0.29, 0.717) is 47.6 Å². The first kappa shape index (κ1) is 20.7. The number of rotatable bonds is 3. The van der Waals surface area contributed by atoms with Crippen LogP contribution in [0.15, 0.2) is 30.3 Å². The molecule has 0 unspecified atom stereocenters. The fraction of sp³-hybridized carbons (Fsp3) is 0.238. The topological polar surface area (TPSA) is 76.2 Å². The number of nitrogens with zero attached hydrogens (tertiary/aromatic N) is 1. The summed E-state index contributed by atoms with van der Waals surface area (Å²) in [5.41, 5.74) is -0.160. The number of H-pyrrole nitrogens is 1. The molecule has 0 saturated carbocycles. The van der Waals surface area contributed by atoms with Crippen molar-refractivity contribution in [3.8, 4) is 22.6 Å². The number of carbonyl (C=O) groups is 1. The fourth-order valence-corrected chi connectivity index (χ4v) is 3.40. The molecule has 1 aliphatic rings. The average molecular weight is 435 g/mol.